The van der Waals surface area contributed by atoms with Gasteiger partial charge in [0, 0.05) is 16.8 Å². The first-order valence-electron chi connectivity index (χ1n) is 7.21. The van der Waals surface area contributed by atoms with E-state index in [1.54, 1.807) is 25.1 Å². The van der Waals surface area contributed by atoms with Gasteiger partial charge in [-0.2, -0.15) is 13.2 Å². The van der Waals surface area contributed by atoms with E-state index >= 15 is 0 Å². The fourth-order valence-corrected chi connectivity index (χ4v) is 2.75. The maximum absolute atomic E-state index is 13.2. The number of alkyl halides is 3. The van der Waals surface area contributed by atoms with Crippen molar-refractivity contribution in [2.24, 2.45) is 0 Å². The van der Waals surface area contributed by atoms with Crippen LogP contribution >= 0.6 is 11.6 Å². The second-order valence-electron chi connectivity index (χ2n) is 5.50. The lowest BCUT2D eigenvalue weighted by molar-refractivity contribution is -0.270. The van der Waals surface area contributed by atoms with Crippen LogP contribution in [0.25, 0.3) is 11.1 Å². The van der Waals surface area contributed by atoms with Gasteiger partial charge in [-0.05, 0) is 42.7 Å². The third-order valence-corrected chi connectivity index (χ3v) is 4.00. The Bertz CT molecular complexity index is 685. The molecule has 2 nitrogen and oxygen atoms in total. The summed E-state index contributed by atoms with van der Waals surface area (Å²) in [5.41, 5.74) is -0.910. The molecular formula is C17H17ClF3NO. The van der Waals surface area contributed by atoms with Gasteiger partial charge in [0.25, 0.3) is 0 Å². The second-order valence-corrected chi connectivity index (χ2v) is 5.94. The topological polar surface area (TPSA) is 33.1 Å². The first-order valence-corrected chi connectivity index (χ1v) is 7.59. The SMILES string of the molecule is CCCC(O)(c1ccc(-c2ccc(Cl)cc2C)cn1)C(F)(F)F. The summed E-state index contributed by atoms with van der Waals surface area (Å²) < 4.78 is 39.6. The van der Waals surface area contributed by atoms with Crippen molar-refractivity contribution in [2.75, 3.05) is 0 Å². The van der Waals surface area contributed by atoms with Crippen LogP contribution in [0, 0.1) is 6.92 Å². The summed E-state index contributed by atoms with van der Waals surface area (Å²) in [6.07, 6.45) is -3.66. The average Bonchev–Trinajstić information content (AvgIpc) is 2.46. The molecule has 6 heteroatoms. The largest absolute Gasteiger partial charge is 0.422 e. The Hall–Kier alpha value is -1.59. The molecule has 2 rings (SSSR count). The standard InChI is InChI=1S/C17H17ClF3NO/c1-3-8-16(23,17(19,20)21)15-7-4-12(10-22-15)14-6-5-13(18)9-11(14)2/h4-7,9-10,23H,3,8H2,1-2H3. The molecule has 2 aromatic rings. The first kappa shape index (κ1) is 17.8. The Labute approximate surface area is 137 Å². The van der Waals surface area contributed by atoms with E-state index < -0.39 is 18.2 Å². The summed E-state index contributed by atoms with van der Waals surface area (Å²) in [5, 5.41) is 10.7. The van der Waals surface area contributed by atoms with Crippen molar-refractivity contribution in [3.05, 3.63) is 52.8 Å². The van der Waals surface area contributed by atoms with Crippen LogP contribution in [-0.2, 0) is 5.60 Å². The molecule has 0 radical (unpaired) electrons. The quantitative estimate of drug-likeness (QED) is 0.821. The van der Waals surface area contributed by atoms with Gasteiger partial charge in [0.2, 0.25) is 5.60 Å². The predicted octanol–water partition coefficient (Wildman–Crippen LogP) is 5.26. The highest BCUT2D eigenvalue weighted by atomic mass is 35.5. The zero-order valence-corrected chi connectivity index (χ0v) is 13.5. The first-order chi connectivity index (χ1) is 10.7. The monoisotopic (exact) mass is 343 g/mol. The number of nitrogens with zero attached hydrogens (tertiary/aromatic N) is 1. The number of pyridine rings is 1. The summed E-state index contributed by atoms with van der Waals surface area (Å²) in [5.74, 6) is 0. The summed E-state index contributed by atoms with van der Waals surface area (Å²) in [6.45, 7) is 3.44. The van der Waals surface area contributed by atoms with E-state index in [0.717, 1.165) is 11.1 Å². The van der Waals surface area contributed by atoms with Gasteiger partial charge >= 0.3 is 6.18 Å². The van der Waals surface area contributed by atoms with Gasteiger partial charge < -0.3 is 5.11 Å². The smallest absolute Gasteiger partial charge is 0.375 e. The predicted molar refractivity (Wildman–Crippen MR) is 84.3 cm³/mol. The molecule has 0 amide bonds. The highest BCUT2D eigenvalue weighted by molar-refractivity contribution is 6.30. The van der Waals surface area contributed by atoms with E-state index in [1.165, 1.54) is 18.3 Å². The van der Waals surface area contributed by atoms with E-state index in [1.807, 2.05) is 6.92 Å². The minimum absolute atomic E-state index is 0.190. The highest BCUT2D eigenvalue weighted by Crippen LogP contribution is 2.41. The number of aryl methyl sites for hydroxylation is 1. The molecule has 0 aliphatic rings. The molecule has 124 valence electrons. The van der Waals surface area contributed by atoms with Crippen LogP contribution < -0.4 is 0 Å². The molecule has 0 spiro atoms. The van der Waals surface area contributed by atoms with E-state index in [2.05, 4.69) is 4.98 Å². The maximum Gasteiger partial charge on any atom is 0.422 e. The number of halogens is 4. The Balaban J connectivity index is 2.42. The van der Waals surface area contributed by atoms with Crippen molar-refractivity contribution in [3.63, 3.8) is 0 Å². The third kappa shape index (κ3) is 3.51. The molecule has 0 aliphatic carbocycles. The zero-order chi connectivity index (χ0) is 17.3. The number of hydrogen-bond acceptors (Lipinski definition) is 2. The van der Waals surface area contributed by atoms with Crippen molar-refractivity contribution in [1.82, 2.24) is 4.98 Å². The molecule has 0 fully saturated rings. The van der Waals surface area contributed by atoms with Crippen molar-refractivity contribution < 1.29 is 18.3 Å². The Morgan fingerprint density at radius 1 is 1.17 bits per heavy atom. The van der Waals surface area contributed by atoms with Gasteiger partial charge in [-0.3, -0.25) is 4.98 Å². The van der Waals surface area contributed by atoms with Crippen LogP contribution in [0.1, 0.15) is 31.0 Å². The lowest BCUT2D eigenvalue weighted by atomic mass is 9.92. The minimum Gasteiger partial charge on any atom is -0.375 e. The van der Waals surface area contributed by atoms with Gasteiger partial charge in [0.1, 0.15) is 0 Å². The van der Waals surface area contributed by atoms with Crippen LogP contribution in [0.2, 0.25) is 5.02 Å². The maximum atomic E-state index is 13.2. The molecule has 1 heterocycles. The molecule has 0 bridgehead atoms. The van der Waals surface area contributed by atoms with Gasteiger partial charge in [0.05, 0.1) is 5.69 Å². The van der Waals surface area contributed by atoms with Crippen molar-refractivity contribution in [2.45, 2.75) is 38.5 Å². The number of hydrogen-bond donors (Lipinski definition) is 1. The number of benzene rings is 1. The van der Waals surface area contributed by atoms with E-state index in [-0.39, 0.29) is 12.1 Å². The Morgan fingerprint density at radius 2 is 1.87 bits per heavy atom. The van der Waals surface area contributed by atoms with Crippen LogP contribution in [0.4, 0.5) is 13.2 Å². The number of rotatable bonds is 4. The molecular weight excluding hydrogens is 327 g/mol. The summed E-state index contributed by atoms with van der Waals surface area (Å²) >= 11 is 5.90. The van der Waals surface area contributed by atoms with Crippen LogP contribution in [0.15, 0.2) is 36.5 Å². The molecule has 1 unspecified atom stereocenters. The summed E-state index contributed by atoms with van der Waals surface area (Å²) in [6, 6.07) is 8.03. The molecule has 0 saturated heterocycles. The van der Waals surface area contributed by atoms with E-state index in [0.29, 0.717) is 10.6 Å². The van der Waals surface area contributed by atoms with Crippen LogP contribution in [0.3, 0.4) is 0 Å². The van der Waals surface area contributed by atoms with Crippen molar-refractivity contribution in [1.29, 1.82) is 0 Å². The lowest BCUT2D eigenvalue weighted by Gasteiger charge is -2.29. The Morgan fingerprint density at radius 3 is 2.35 bits per heavy atom. The number of aliphatic hydroxyl groups is 1. The highest BCUT2D eigenvalue weighted by Gasteiger charge is 2.55. The normalized spacial score (nSPS) is 14.6. The Kier molecular flexibility index (Phi) is 5.01. The molecule has 23 heavy (non-hydrogen) atoms. The van der Waals surface area contributed by atoms with Gasteiger partial charge in [-0.1, -0.05) is 37.1 Å². The fourth-order valence-electron chi connectivity index (χ4n) is 2.53. The van der Waals surface area contributed by atoms with E-state index in [9.17, 15) is 18.3 Å². The van der Waals surface area contributed by atoms with Gasteiger partial charge in [0.15, 0.2) is 0 Å². The molecule has 1 atom stereocenters. The van der Waals surface area contributed by atoms with Crippen LogP contribution in [-0.4, -0.2) is 16.3 Å². The van der Waals surface area contributed by atoms with Gasteiger partial charge in [-0.25, -0.2) is 0 Å². The average molecular weight is 344 g/mol. The van der Waals surface area contributed by atoms with Crippen LogP contribution in [0.5, 0.6) is 0 Å². The lowest BCUT2D eigenvalue weighted by Crippen LogP contribution is -2.42. The zero-order valence-electron chi connectivity index (χ0n) is 12.8. The molecule has 1 aromatic carbocycles. The van der Waals surface area contributed by atoms with Crippen molar-refractivity contribution >= 4 is 11.6 Å². The summed E-state index contributed by atoms with van der Waals surface area (Å²) in [4.78, 5) is 3.87. The number of aromatic nitrogens is 1. The third-order valence-electron chi connectivity index (χ3n) is 3.77. The van der Waals surface area contributed by atoms with Crippen molar-refractivity contribution in [3.8, 4) is 11.1 Å². The minimum atomic E-state index is -4.77. The fraction of sp³-hybridized carbons (Fsp3) is 0.353. The molecule has 1 aromatic heterocycles. The van der Waals surface area contributed by atoms with E-state index in [4.69, 9.17) is 11.6 Å². The molecule has 0 aliphatic heterocycles. The van der Waals surface area contributed by atoms with Gasteiger partial charge in [-0.15, -0.1) is 0 Å². The molecule has 0 saturated carbocycles. The summed E-state index contributed by atoms with van der Waals surface area (Å²) in [7, 11) is 0. The molecule has 1 N–H and O–H groups in total. The second kappa shape index (κ2) is 6.49.